The summed E-state index contributed by atoms with van der Waals surface area (Å²) in [6, 6.07) is 2.49. The van der Waals surface area contributed by atoms with Crippen molar-refractivity contribution in [2.75, 3.05) is 6.61 Å². The number of ether oxygens (including phenoxy) is 1. The lowest BCUT2D eigenvalue weighted by Crippen LogP contribution is -1.98. The molecule has 13 heavy (non-hydrogen) atoms. The summed E-state index contributed by atoms with van der Waals surface area (Å²) >= 11 is 0. The highest BCUT2D eigenvalue weighted by Crippen LogP contribution is 2.21. The molecule has 1 aromatic carbocycles. The maximum atomic E-state index is 12.8. The zero-order valence-electron chi connectivity index (χ0n) is 7.31. The van der Waals surface area contributed by atoms with Gasteiger partial charge in [-0.2, -0.15) is 0 Å². The van der Waals surface area contributed by atoms with Crippen LogP contribution in [0.4, 0.5) is 8.78 Å². The highest BCUT2D eigenvalue weighted by molar-refractivity contribution is 5.28. The van der Waals surface area contributed by atoms with E-state index in [2.05, 4.69) is 0 Å². The highest BCUT2D eigenvalue weighted by atomic mass is 19.2. The lowest BCUT2D eigenvalue weighted by Gasteiger charge is -2.04. The molecule has 1 aromatic rings. The predicted octanol–water partition coefficient (Wildman–Crippen LogP) is 2.21. The van der Waals surface area contributed by atoms with Gasteiger partial charge in [0.1, 0.15) is 0 Å². The number of aryl methyl sites for hydroxylation is 1. The van der Waals surface area contributed by atoms with E-state index in [1.54, 1.807) is 6.92 Å². The molecule has 0 aliphatic carbocycles. The van der Waals surface area contributed by atoms with Crippen molar-refractivity contribution in [3.63, 3.8) is 0 Å². The van der Waals surface area contributed by atoms with Crippen LogP contribution in [0.1, 0.15) is 11.1 Å². The van der Waals surface area contributed by atoms with Crippen LogP contribution in [0.3, 0.4) is 0 Å². The van der Waals surface area contributed by atoms with E-state index in [4.69, 9.17) is 4.74 Å². The summed E-state index contributed by atoms with van der Waals surface area (Å²) in [6.45, 7) is 2.51. The minimum Gasteiger partial charge on any atom is -0.373 e. The summed E-state index contributed by atoms with van der Waals surface area (Å²) < 4.78 is 30.5. The number of hydrogen-bond acceptors (Lipinski definition) is 1. The molecule has 2 rings (SSSR count). The quantitative estimate of drug-likeness (QED) is 0.642. The molecule has 0 radical (unpaired) electrons. The smallest absolute Gasteiger partial charge is 0.159 e. The Morgan fingerprint density at radius 1 is 1.38 bits per heavy atom. The molecule has 1 aliphatic heterocycles. The molecule has 0 N–H and O–H groups in total. The second kappa shape index (κ2) is 3.07. The van der Waals surface area contributed by atoms with Crippen LogP contribution in [0, 0.1) is 18.6 Å². The summed E-state index contributed by atoms with van der Waals surface area (Å²) in [5, 5.41) is 0. The Labute approximate surface area is 75.3 Å². The monoisotopic (exact) mass is 184 g/mol. The predicted molar refractivity (Wildman–Crippen MR) is 44.5 cm³/mol. The molecule has 1 atom stereocenters. The number of rotatable bonds is 2. The summed E-state index contributed by atoms with van der Waals surface area (Å²) in [5.74, 6) is -1.56. The van der Waals surface area contributed by atoms with Gasteiger partial charge in [-0.25, -0.2) is 8.78 Å². The molecular formula is C10H10F2O. The third-order valence-electron chi connectivity index (χ3n) is 2.23. The Morgan fingerprint density at radius 3 is 2.62 bits per heavy atom. The summed E-state index contributed by atoms with van der Waals surface area (Å²) in [6.07, 6.45) is 0.895. The molecule has 1 aliphatic rings. The van der Waals surface area contributed by atoms with Gasteiger partial charge in [-0.3, -0.25) is 0 Å². The average molecular weight is 184 g/mol. The van der Waals surface area contributed by atoms with Crippen LogP contribution in [0.25, 0.3) is 0 Å². The van der Waals surface area contributed by atoms with Gasteiger partial charge in [-0.15, -0.1) is 0 Å². The zero-order chi connectivity index (χ0) is 9.42. The topological polar surface area (TPSA) is 12.5 Å². The molecule has 0 bridgehead atoms. The Morgan fingerprint density at radius 2 is 2.00 bits per heavy atom. The fourth-order valence-corrected chi connectivity index (χ4v) is 1.34. The largest absolute Gasteiger partial charge is 0.373 e. The van der Waals surface area contributed by atoms with Gasteiger partial charge in [0.2, 0.25) is 0 Å². The zero-order valence-corrected chi connectivity index (χ0v) is 7.31. The number of hydrogen-bond donors (Lipinski definition) is 0. The van der Waals surface area contributed by atoms with Crippen LogP contribution < -0.4 is 0 Å². The van der Waals surface area contributed by atoms with Crippen LogP contribution in [0.5, 0.6) is 0 Å². The second-order valence-electron chi connectivity index (χ2n) is 3.35. The molecule has 0 aromatic heterocycles. The molecular weight excluding hydrogens is 174 g/mol. The van der Waals surface area contributed by atoms with Crippen LogP contribution in [0.15, 0.2) is 12.1 Å². The lowest BCUT2D eigenvalue weighted by atomic mass is 10.0. The SMILES string of the molecule is Cc1cc(F)c(F)cc1CC1CO1. The van der Waals surface area contributed by atoms with E-state index in [-0.39, 0.29) is 6.10 Å². The molecule has 3 heteroatoms. The maximum Gasteiger partial charge on any atom is 0.159 e. The van der Waals surface area contributed by atoms with E-state index in [9.17, 15) is 8.78 Å². The van der Waals surface area contributed by atoms with E-state index in [1.165, 1.54) is 12.1 Å². The summed E-state index contributed by atoms with van der Waals surface area (Å²) in [7, 11) is 0. The highest BCUT2D eigenvalue weighted by Gasteiger charge is 2.23. The van der Waals surface area contributed by atoms with Gasteiger partial charge in [0.25, 0.3) is 0 Å². The van der Waals surface area contributed by atoms with Gasteiger partial charge in [-0.05, 0) is 30.2 Å². The Bertz CT molecular complexity index is 332. The van der Waals surface area contributed by atoms with Crippen molar-refractivity contribution in [3.8, 4) is 0 Å². The van der Waals surface area contributed by atoms with Crippen molar-refractivity contribution < 1.29 is 13.5 Å². The maximum absolute atomic E-state index is 12.8. The first-order valence-electron chi connectivity index (χ1n) is 4.23. The van der Waals surface area contributed by atoms with Crippen LogP contribution in [0.2, 0.25) is 0 Å². The number of halogens is 2. The first-order chi connectivity index (χ1) is 6.16. The first kappa shape index (κ1) is 8.63. The molecule has 1 fully saturated rings. The molecule has 70 valence electrons. The Kier molecular flexibility index (Phi) is 2.04. The number of epoxide rings is 1. The summed E-state index contributed by atoms with van der Waals surface area (Å²) in [4.78, 5) is 0. The van der Waals surface area contributed by atoms with Gasteiger partial charge in [0, 0.05) is 6.42 Å². The van der Waals surface area contributed by atoms with Crippen molar-refractivity contribution in [1.82, 2.24) is 0 Å². The van der Waals surface area contributed by atoms with E-state index in [0.29, 0.717) is 6.42 Å². The van der Waals surface area contributed by atoms with Gasteiger partial charge >= 0.3 is 0 Å². The van der Waals surface area contributed by atoms with Gasteiger partial charge in [0.15, 0.2) is 11.6 Å². The third-order valence-corrected chi connectivity index (χ3v) is 2.23. The van der Waals surface area contributed by atoms with E-state index in [0.717, 1.165) is 17.7 Å². The number of benzene rings is 1. The molecule has 0 saturated carbocycles. The van der Waals surface area contributed by atoms with E-state index < -0.39 is 11.6 Å². The Hall–Kier alpha value is -0.960. The van der Waals surface area contributed by atoms with Crippen LogP contribution in [-0.4, -0.2) is 12.7 Å². The molecule has 0 spiro atoms. The van der Waals surface area contributed by atoms with Crippen molar-refractivity contribution in [2.24, 2.45) is 0 Å². The van der Waals surface area contributed by atoms with Crippen molar-refractivity contribution in [3.05, 3.63) is 34.9 Å². The van der Waals surface area contributed by atoms with Gasteiger partial charge < -0.3 is 4.74 Å². The molecule has 1 saturated heterocycles. The van der Waals surface area contributed by atoms with Gasteiger partial charge in [-0.1, -0.05) is 0 Å². The molecule has 1 heterocycles. The first-order valence-corrected chi connectivity index (χ1v) is 4.23. The molecule has 1 nitrogen and oxygen atoms in total. The van der Waals surface area contributed by atoms with Crippen LogP contribution >= 0.6 is 0 Å². The minimum atomic E-state index is -0.780. The fraction of sp³-hybridized carbons (Fsp3) is 0.400. The average Bonchev–Trinajstić information content (AvgIpc) is 2.84. The second-order valence-corrected chi connectivity index (χ2v) is 3.35. The third kappa shape index (κ3) is 1.86. The molecule has 1 unspecified atom stereocenters. The van der Waals surface area contributed by atoms with E-state index in [1.807, 2.05) is 0 Å². The lowest BCUT2D eigenvalue weighted by molar-refractivity contribution is 0.406. The van der Waals surface area contributed by atoms with E-state index >= 15 is 0 Å². The van der Waals surface area contributed by atoms with Crippen molar-refractivity contribution in [2.45, 2.75) is 19.4 Å². The summed E-state index contributed by atoms with van der Waals surface area (Å²) in [5.41, 5.74) is 1.62. The molecule has 0 amide bonds. The van der Waals surface area contributed by atoms with Gasteiger partial charge in [0.05, 0.1) is 12.7 Å². The minimum absolute atomic E-state index is 0.212. The fourth-order valence-electron chi connectivity index (χ4n) is 1.34. The van der Waals surface area contributed by atoms with Crippen molar-refractivity contribution >= 4 is 0 Å². The van der Waals surface area contributed by atoms with Crippen LogP contribution in [-0.2, 0) is 11.2 Å². The normalized spacial score (nSPS) is 20.4. The van der Waals surface area contributed by atoms with Crippen molar-refractivity contribution in [1.29, 1.82) is 0 Å². The Balaban J connectivity index is 2.27. The standard InChI is InChI=1S/C10H10F2O/c1-6-2-9(11)10(12)4-7(6)3-8-5-13-8/h2,4,8H,3,5H2,1H3.